The van der Waals surface area contributed by atoms with E-state index in [1.165, 1.54) is 18.3 Å². The monoisotopic (exact) mass is 342 g/mol. The van der Waals surface area contributed by atoms with Gasteiger partial charge in [-0.05, 0) is 43.0 Å². The molecule has 1 amide bonds. The van der Waals surface area contributed by atoms with E-state index >= 15 is 0 Å². The summed E-state index contributed by atoms with van der Waals surface area (Å²) in [5, 5.41) is 13.6. The van der Waals surface area contributed by atoms with E-state index in [0.29, 0.717) is 9.76 Å². The molecular weight excluding hydrogens is 329 g/mol. The zero-order valence-electron chi connectivity index (χ0n) is 12.0. The number of amides is 1. The maximum absolute atomic E-state index is 12.6. The minimum absolute atomic E-state index is 0.0559. The maximum atomic E-state index is 12.6. The number of carbonyl (C=O) groups is 1. The molecular formula is C15H13F3N2O2S. The number of benzene rings is 1. The van der Waals surface area contributed by atoms with E-state index in [-0.39, 0.29) is 5.69 Å². The largest absolute Gasteiger partial charge is 0.618 e. The average Bonchev–Trinajstić information content (AvgIpc) is 2.49. The first-order chi connectivity index (χ1) is 10.8. The van der Waals surface area contributed by atoms with Gasteiger partial charge >= 0.3 is 6.18 Å². The Hall–Kier alpha value is -2.22. The summed E-state index contributed by atoms with van der Waals surface area (Å²) in [6.45, 7) is 1.57. The fourth-order valence-electron chi connectivity index (χ4n) is 1.76. The lowest BCUT2D eigenvalue weighted by Gasteiger charge is -2.13. The highest BCUT2D eigenvalue weighted by molar-refractivity contribution is 8.00. The number of nitrogens with zero attached hydrogens (tertiary/aromatic N) is 1. The minimum Gasteiger partial charge on any atom is -0.618 e. The molecule has 1 N–H and O–H groups in total. The number of thioether (sulfide) groups is 1. The molecule has 1 heterocycles. The van der Waals surface area contributed by atoms with E-state index in [9.17, 15) is 23.2 Å². The highest BCUT2D eigenvalue weighted by atomic mass is 32.2. The Morgan fingerprint density at radius 2 is 2.00 bits per heavy atom. The Bertz CT molecular complexity index is 707. The summed E-state index contributed by atoms with van der Waals surface area (Å²) in [5.74, 6) is -0.488. The summed E-state index contributed by atoms with van der Waals surface area (Å²) in [5.41, 5.74) is -0.781. The van der Waals surface area contributed by atoms with Crippen molar-refractivity contribution in [3.05, 3.63) is 59.4 Å². The number of pyridine rings is 1. The Morgan fingerprint density at radius 1 is 1.26 bits per heavy atom. The van der Waals surface area contributed by atoms with Crippen LogP contribution in [0.2, 0.25) is 0 Å². The smallest absolute Gasteiger partial charge is 0.416 e. The molecule has 0 unspecified atom stereocenters. The Balaban J connectivity index is 2.06. The highest BCUT2D eigenvalue weighted by Crippen LogP contribution is 2.31. The molecule has 1 atom stereocenters. The van der Waals surface area contributed by atoms with Gasteiger partial charge in [0.05, 0.1) is 10.8 Å². The molecule has 2 aromatic rings. The average molecular weight is 342 g/mol. The number of anilines is 1. The maximum Gasteiger partial charge on any atom is 0.416 e. The molecule has 0 spiro atoms. The molecule has 0 aliphatic heterocycles. The molecule has 0 saturated carbocycles. The number of alkyl halides is 3. The molecule has 1 aromatic carbocycles. The Kier molecular flexibility index (Phi) is 5.15. The SMILES string of the molecule is C[C@@H](Sc1cccc[n+]1[O-])C(=O)Nc1cccc(C(F)(F)F)c1. The molecule has 4 nitrogen and oxygen atoms in total. The summed E-state index contributed by atoms with van der Waals surface area (Å²) in [6.07, 6.45) is -3.17. The lowest BCUT2D eigenvalue weighted by molar-refractivity contribution is -0.645. The summed E-state index contributed by atoms with van der Waals surface area (Å²) in [4.78, 5) is 12.1. The van der Waals surface area contributed by atoms with Crippen molar-refractivity contribution in [2.24, 2.45) is 0 Å². The van der Waals surface area contributed by atoms with Gasteiger partial charge < -0.3 is 10.5 Å². The molecule has 0 radical (unpaired) electrons. The number of carbonyl (C=O) groups excluding carboxylic acids is 1. The second-order valence-corrected chi connectivity index (χ2v) is 6.05. The molecule has 1 aromatic heterocycles. The van der Waals surface area contributed by atoms with Gasteiger partial charge in [0.15, 0.2) is 6.20 Å². The number of hydrogen-bond acceptors (Lipinski definition) is 3. The van der Waals surface area contributed by atoms with Crippen LogP contribution in [0.15, 0.2) is 53.7 Å². The van der Waals surface area contributed by atoms with Gasteiger partial charge in [-0.3, -0.25) is 4.79 Å². The fourth-order valence-corrected chi connectivity index (χ4v) is 2.61. The summed E-state index contributed by atoms with van der Waals surface area (Å²) < 4.78 is 38.5. The lowest BCUT2D eigenvalue weighted by atomic mass is 10.2. The van der Waals surface area contributed by atoms with Crippen molar-refractivity contribution >= 4 is 23.4 Å². The summed E-state index contributed by atoms with van der Waals surface area (Å²) >= 11 is 1.02. The van der Waals surface area contributed by atoms with Gasteiger partial charge in [0.25, 0.3) is 5.03 Å². The third-order valence-electron chi connectivity index (χ3n) is 2.91. The van der Waals surface area contributed by atoms with Crippen LogP contribution in [-0.4, -0.2) is 11.2 Å². The first-order valence-corrected chi connectivity index (χ1v) is 7.48. The Labute approximate surface area is 134 Å². The van der Waals surface area contributed by atoms with Gasteiger partial charge in [0.2, 0.25) is 5.91 Å². The van der Waals surface area contributed by atoms with E-state index in [1.54, 1.807) is 25.1 Å². The quantitative estimate of drug-likeness (QED) is 0.526. The zero-order valence-corrected chi connectivity index (χ0v) is 12.8. The van der Waals surface area contributed by atoms with Crippen LogP contribution in [0.3, 0.4) is 0 Å². The van der Waals surface area contributed by atoms with Gasteiger partial charge in [0.1, 0.15) is 0 Å². The van der Waals surface area contributed by atoms with Crippen LogP contribution in [0.1, 0.15) is 12.5 Å². The van der Waals surface area contributed by atoms with Crippen molar-refractivity contribution in [3.63, 3.8) is 0 Å². The van der Waals surface area contributed by atoms with Crippen molar-refractivity contribution in [2.75, 3.05) is 5.32 Å². The molecule has 0 fully saturated rings. The van der Waals surface area contributed by atoms with Gasteiger partial charge in [-0.25, -0.2) is 0 Å². The first-order valence-electron chi connectivity index (χ1n) is 6.60. The van der Waals surface area contributed by atoms with Crippen LogP contribution in [0, 0.1) is 5.21 Å². The van der Waals surface area contributed by atoms with Crippen molar-refractivity contribution in [2.45, 2.75) is 23.4 Å². The molecule has 23 heavy (non-hydrogen) atoms. The number of rotatable bonds is 4. The van der Waals surface area contributed by atoms with E-state index in [1.807, 2.05) is 0 Å². The van der Waals surface area contributed by atoms with Crippen LogP contribution in [0.5, 0.6) is 0 Å². The zero-order chi connectivity index (χ0) is 17.0. The molecule has 2 rings (SSSR count). The minimum atomic E-state index is -4.47. The van der Waals surface area contributed by atoms with Crippen LogP contribution in [0.25, 0.3) is 0 Å². The van der Waals surface area contributed by atoms with Crippen molar-refractivity contribution in [3.8, 4) is 0 Å². The first kappa shape index (κ1) is 17.1. The molecule has 0 aliphatic carbocycles. The number of hydrogen-bond donors (Lipinski definition) is 1. The van der Waals surface area contributed by atoms with Crippen LogP contribution in [-0.2, 0) is 11.0 Å². The second-order valence-electron chi connectivity index (χ2n) is 4.69. The van der Waals surface area contributed by atoms with Gasteiger partial charge in [-0.2, -0.15) is 17.9 Å². The van der Waals surface area contributed by atoms with E-state index in [2.05, 4.69) is 5.32 Å². The third kappa shape index (κ3) is 4.62. The predicted octanol–water partition coefficient (Wildman–Crippen LogP) is 3.46. The van der Waals surface area contributed by atoms with Gasteiger partial charge in [0, 0.05) is 17.8 Å². The molecule has 0 saturated heterocycles. The van der Waals surface area contributed by atoms with Crippen molar-refractivity contribution < 1.29 is 22.7 Å². The van der Waals surface area contributed by atoms with E-state index in [0.717, 1.165) is 23.9 Å². The van der Waals surface area contributed by atoms with Crippen LogP contribution in [0.4, 0.5) is 18.9 Å². The molecule has 0 bridgehead atoms. The second kappa shape index (κ2) is 6.91. The molecule has 122 valence electrons. The summed E-state index contributed by atoms with van der Waals surface area (Å²) in [6, 6.07) is 9.17. The fraction of sp³-hybridized carbons (Fsp3) is 0.200. The van der Waals surface area contributed by atoms with Crippen molar-refractivity contribution in [1.82, 2.24) is 0 Å². The van der Waals surface area contributed by atoms with Gasteiger partial charge in [-0.15, -0.1) is 0 Å². The van der Waals surface area contributed by atoms with Gasteiger partial charge in [-0.1, -0.05) is 6.07 Å². The van der Waals surface area contributed by atoms with E-state index < -0.39 is 22.9 Å². The standard InChI is InChI=1S/C15H13F3N2O2S/c1-10(23-13-7-2-3-8-20(13)22)14(21)19-12-6-4-5-11(9-12)15(16,17)18/h2-10H,1H3,(H,19,21)/t10-/m1/s1. The Morgan fingerprint density at radius 3 is 2.65 bits per heavy atom. The van der Waals surface area contributed by atoms with Crippen LogP contribution < -0.4 is 10.0 Å². The predicted molar refractivity (Wildman–Crippen MR) is 80.8 cm³/mol. The number of aromatic nitrogens is 1. The topological polar surface area (TPSA) is 56.0 Å². The molecule has 0 aliphatic rings. The number of halogens is 3. The van der Waals surface area contributed by atoms with Crippen molar-refractivity contribution in [1.29, 1.82) is 0 Å². The number of nitrogens with one attached hydrogen (secondary N) is 1. The lowest BCUT2D eigenvalue weighted by Crippen LogP contribution is -2.30. The normalized spacial score (nSPS) is 12.7. The highest BCUT2D eigenvalue weighted by Gasteiger charge is 2.30. The van der Waals surface area contributed by atoms with E-state index in [4.69, 9.17) is 0 Å². The van der Waals surface area contributed by atoms with Crippen LogP contribution >= 0.6 is 11.8 Å². The third-order valence-corrected chi connectivity index (χ3v) is 4.04. The summed E-state index contributed by atoms with van der Waals surface area (Å²) in [7, 11) is 0. The molecule has 8 heteroatoms.